The molecule has 0 radical (unpaired) electrons. The van der Waals surface area contributed by atoms with E-state index < -0.39 is 11.7 Å². The summed E-state index contributed by atoms with van der Waals surface area (Å²) in [5.41, 5.74) is 1.15. The number of anilines is 1. The first-order chi connectivity index (χ1) is 11.1. The minimum absolute atomic E-state index is 0.416. The molecule has 2 atom stereocenters. The molecule has 2 heterocycles. The van der Waals surface area contributed by atoms with Crippen molar-refractivity contribution in [2.45, 2.75) is 44.6 Å². The largest absolute Gasteiger partial charge is 0.300 e. The van der Waals surface area contributed by atoms with Crippen molar-refractivity contribution in [1.29, 1.82) is 0 Å². The summed E-state index contributed by atoms with van der Waals surface area (Å²) in [6.45, 7) is 1.54. The molecule has 0 unspecified atom stereocenters. The minimum atomic E-state index is -0.431. The summed E-state index contributed by atoms with van der Waals surface area (Å²) in [5, 5.41) is 0.497. The van der Waals surface area contributed by atoms with Gasteiger partial charge in [0.2, 0.25) is 0 Å². The number of carbonyl (C=O) groups is 2. The summed E-state index contributed by atoms with van der Waals surface area (Å²) in [4.78, 5) is 28.7. The maximum atomic E-state index is 12.4. The van der Waals surface area contributed by atoms with Crippen LogP contribution in [0.5, 0.6) is 0 Å². The number of ketones is 1. The Morgan fingerprint density at radius 2 is 1.87 bits per heavy atom. The summed E-state index contributed by atoms with van der Waals surface area (Å²) < 4.78 is 0. The van der Waals surface area contributed by atoms with Crippen molar-refractivity contribution >= 4 is 29.0 Å². The molecule has 1 aromatic rings. The number of halogens is 1. The number of rotatable bonds is 2. The van der Waals surface area contributed by atoms with Crippen molar-refractivity contribution in [1.82, 2.24) is 4.90 Å². The second kappa shape index (κ2) is 5.91. The first kappa shape index (κ1) is 15.2. The van der Waals surface area contributed by atoms with E-state index in [9.17, 15) is 9.59 Å². The Morgan fingerprint density at radius 3 is 2.74 bits per heavy atom. The average Bonchev–Trinajstić information content (AvgIpc) is 2.80. The standard InChI is InChI=1S/C18H21ClN2O2/c19-13-7-8-16-14(10-13)17(22)18(23)21(16)11-20-9-3-5-12-4-1-2-6-15(12)20/h7-8,10,12,15H,1-6,9,11H2/t12-,15+/m1/s1. The van der Waals surface area contributed by atoms with E-state index in [1.165, 1.54) is 38.5 Å². The zero-order valence-electron chi connectivity index (χ0n) is 13.1. The van der Waals surface area contributed by atoms with Gasteiger partial charge in [-0.25, -0.2) is 0 Å². The second-order valence-electron chi connectivity index (χ2n) is 6.93. The van der Waals surface area contributed by atoms with Gasteiger partial charge in [0.1, 0.15) is 0 Å². The number of fused-ring (bicyclic) bond motifs is 2. The van der Waals surface area contributed by atoms with E-state index in [1.807, 2.05) is 0 Å². The fourth-order valence-corrected chi connectivity index (χ4v) is 4.67. The van der Waals surface area contributed by atoms with Crippen LogP contribution in [0.4, 0.5) is 5.69 Å². The zero-order valence-corrected chi connectivity index (χ0v) is 13.9. The number of carbonyl (C=O) groups excluding carboxylic acids is 2. The van der Waals surface area contributed by atoms with Crippen molar-refractivity contribution in [2.75, 3.05) is 18.1 Å². The van der Waals surface area contributed by atoms with Crippen LogP contribution in [0.1, 0.15) is 48.9 Å². The van der Waals surface area contributed by atoms with Gasteiger partial charge in [0.25, 0.3) is 5.78 Å². The summed E-state index contributed by atoms with van der Waals surface area (Å²) in [5.74, 6) is -0.0875. The van der Waals surface area contributed by atoms with Crippen LogP contribution in [0.25, 0.3) is 0 Å². The minimum Gasteiger partial charge on any atom is -0.291 e. The maximum absolute atomic E-state index is 12.4. The van der Waals surface area contributed by atoms with Crippen molar-refractivity contribution < 1.29 is 9.59 Å². The number of benzene rings is 1. The Balaban J connectivity index is 1.59. The van der Waals surface area contributed by atoms with E-state index >= 15 is 0 Å². The molecule has 0 bridgehead atoms. The van der Waals surface area contributed by atoms with Gasteiger partial charge in [-0.3, -0.25) is 19.4 Å². The molecule has 1 amide bonds. The molecule has 0 spiro atoms. The van der Waals surface area contributed by atoms with Crippen LogP contribution in [-0.2, 0) is 4.79 Å². The van der Waals surface area contributed by atoms with Crippen LogP contribution in [0.15, 0.2) is 18.2 Å². The molecule has 4 nitrogen and oxygen atoms in total. The first-order valence-corrected chi connectivity index (χ1v) is 8.93. The van der Waals surface area contributed by atoms with Crippen LogP contribution in [0.3, 0.4) is 0 Å². The van der Waals surface area contributed by atoms with E-state index in [1.54, 1.807) is 23.1 Å². The van der Waals surface area contributed by atoms with Gasteiger partial charge in [-0.1, -0.05) is 24.4 Å². The quantitative estimate of drug-likeness (QED) is 0.778. The van der Waals surface area contributed by atoms with Crippen LogP contribution in [-0.4, -0.2) is 35.8 Å². The van der Waals surface area contributed by atoms with E-state index in [2.05, 4.69) is 4.90 Å². The van der Waals surface area contributed by atoms with E-state index in [-0.39, 0.29) is 0 Å². The number of Topliss-reactive ketones (excluding diaryl/α,β-unsaturated/α-hetero) is 1. The van der Waals surface area contributed by atoms with Gasteiger partial charge in [0.05, 0.1) is 17.9 Å². The molecular formula is C18H21ClN2O2. The van der Waals surface area contributed by atoms with Crippen molar-refractivity contribution in [3.63, 3.8) is 0 Å². The smallest absolute Gasteiger partial charge is 0.291 e. The lowest BCUT2D eigenvalue weighted by atomic mass is 9.78. The molecule has 5 heteroatoms. The molecule has 3 aliphatic rings. The average molecular weight is 333 g/mol. The SMILES string of the molecule is O=C1C(=O)N(CN2CCC[C@H]3CCCC[C@@H]32)c2ccc(Cl)cc21. The number of piperidine rings is 1. The predicted molar refractivity (Wildman–Crippen MR) is 89.8 cm³/mol. The Hall–Kier alpha value is -1.39. The van der Waals surface area contributed by atoms with Crippen molar-refractivity contribution in [3.05, 3.63) is 28.8 Å². The molecule has 122 valence electrons. The number of hydrogen-bond acceptors (Lipinski definition) is 3. The highest BCUT2D eigenvalue weighted by atomic mass is 35.5. The topological polar surface area (TPSA) is 40.6 Å². The Morgan fingerprint density at radius 1 is 1.09 bits per heavy atom. The van der Waals surface area contributed by atoms with E-state index in [0.29, 0.717) is 29.0 Å². The lowest BCUT2D eigenvalue weighted by Gasteiger charge is -2.45. The number of likely N-dealkylation sites (tertiary alicyclic amines) is 1. The van der Waals surface area contributed by atoms with Crippen molar-refractivity contribution in [2.24, 2.45) is 5.92 Å². The first-order valence-electron chi connectivity index (χ1n) is 8.55. The molecule has 1 aromatic carbocycles. The summed E-state index contributed by atoms with van der Waals surface area (Å²) in [6.07, 6.45) is 7.62. The molecule has 0 aromatic heterocycles. The fourth-order valence-electron chi connectivity index (χ4n) is 4.50. The zero-order chi connectivity index (χ0) is 16.0. The van der Waals surface area contributed by atoms with Gasteiger partial charge in [-0.05, 0) is 49.8 Å². The number of hydrogen-bond donors (Lipinski definition) is 0. The molecule has 4 rings (SSSR count). The lowest BCUT2D eigenvalue weighted by molar-refractivity contribution is -0.115. The van der Waals surface area contributed by atoms with Gasteiger partial charge in [0, 0.05) is 17.6 Å². The highest BCUT2D eigenvalue weighted by Crippen LogP contribution is 2.37. The molecular weight excluding hydrogens is 312 g/mol. The predicted octanol–water partition coefficient (Wildman–Crippen LogP) is 3.48. The highest BCUT2D eigenvalue weighted by Gasteiger charge is 2.40. The van der Waals surface area contributed by atoms with E-state index in [4.69, 9.17) is 11.6 Å². The molecule has 1 aliphatic carbocycles. The van der Waals surface area contributed by atoms with Crippen LogP contribution >= 0.6 is 11.6 Å². The number of nitrogens with zero attached hydrogens (tertiary/aromatic N) is 2. The van der Waals surface area contributed by atoms with Gasteiger partial charge in [-0.15, -0.1) is 0 Å². The van der Waals surface area contributed by atoms with Gasteiger partial charge in [-0.2, -0.15) is 0 Å². The monoisotopic (exact) mass is 332 g/mol. The van der Waals surface area contributed by atoms with Gasteiger partial charge in [0.15, 0.2) is 0 Å². The Kier molecular flexibility index (Phi) is 3.90. The third-order valence-electron chi connectivity index (χ3n) is 5.61. The van der Waals surface area contributed by atoms with E-state index in [0.717, 1.165) is 12.5 Å². The Bertz CT molecular complexity index is 658. The highest BCUT2D eigenvalue weighted by molar-refractivity contribution is 6.52. The molecule has 0 N–H and O–H groups in total. The normalized spacial score (nSPS) is 28.0. The third kappa shape index (κ3) is 2.58. The maximum Gasteiger partial charge on any atom is 0.300 e. The van der Waals surface area contributed by atoms with Crippen LogP contribution in [0.2, 0.25) is 5.02 Å². The molecule has 2 aliphatic heterocycles. The van der Waals surface area contributed by atoms with Crippen molar-refractivity contribution in [3.8, 4) is 0 Å². The van der Waals surface area contributed by atoms with Crippen LogP contribution in [0, 0.1) is 5.92 Å². The summed E-state index contributed by atoms with van der Waals surface area (Å²) in [6, 6.07) is 5.72. The molecule has 1 saturated heterocycles. The van der Waals surface area contributed by atoms with Gasteiger partial charge >= 0.3 is 5.91 Å². The summed E-state index contributed by atoms with van der Waals surface area (Å²) in [7, 11) is 0. The lowest BCUT2D eigenvalue weighted by Crippen LogP contribution is -2.52. The van der Waals surface area contributed by atoms with Crippen LogP contribution < -0.4 is 4.90 Å². The molecule has 23 heavy (non-hydrogen) atoms. The second-order valence-corrected chi connectivity index (χ2v) is 7.37. The molecule has 2 fully saturated rings. The molecule has 1 saturated carbocycles. The number of amides is 1. The van der Waals surface area contributed by atoms with Gasteiger partial charge < -0.3 is 0 Å². The fraction of sp³-hybridized carbons (Fsp3) is 0.556. The summed E-state index contributed by atoms with van der Waals surface area (Å²) >= 11 is 5.97. The Labute approximate surface area is 141 Å². The third-order valence-corrected chi connectivity index (χ3v) is 5.85.